The number of hydrogen-bond acceptors (Lipinski definition) is 5. The monoisotopic (exact) mass is 368 g/mol. The number of nitrogens with one attached hydrogen (secondary N) is 1. The van der Waals surface area contributed by atoms with Gasteiger partial charge in [0.2, 0.25) is 5.82 Å². The van der Waals surface area contributed by atoms with Crippen LogP contribution >= 0.6 is 11.6 Å². The van der Waals surface area contributed by atoms with Gasteiger partial charge in [0.15, 0.2) is 0 Å². The minimum atomic E-state index is 0.468. The summed E-state index contributed by atoms with van der Waals surface area (Å²) >= 11 is 6.06. The van der Waals surface area contributed by atoms with Crippen molar-refractivity contribution in [2.45, 2.75) is 38.0 Å². The Bertz CT molecular complexity index is 885. The molecular formula is C20H21ClN4O. The lowest BCUT2D eigenvalue weighted by Gasteiger charge is -2.21. The van der Waals surface area contributed by atoms with Crippen LogP contribution in [0.15, 0.2) is 41.1 Å². The normalized spacial score (nSPS) is 15.2. The molecule has 1 N–H and O–H groups in total. The number of halogens is 1. The van der Waals surface area contributed by atoms with E-state index in [0.717, 1.165) is 5.56 Å². The van der Waals surface area contributed by atoms with Gasteiger partial charge in [0.05, 0.1) is 10.6 Å². The second-order valence-electron chi connectivity index (χ2n) is 6.68. The molecule has 3 aromatic rings. The zero-order valence-electron chi connectivity index (χ0n) is 14.7. The third-order valence-corrected chi connectivity index (χ3v) is 5.20. The molecule has 2 heterocycles. The van der Waals surface area contributed by atoms with Gasteiger partial charge in [0.25, 0.3) is 5.89 Å². The highest BCUT2D eigenvalue weighted by molar-refractivity contribution is 6.30. The molecule has 1 aliphatic carbocycles. The Morgan fingerprint density at radius 1 is 1.12 bits per heavy atom. The number of anilines is 1. The van der Waals surface area contributed by atoms with Gasteiger partial charge < -0.3 is 9.84 Å². The van der Waals surface area contributed by atoms with E-state index in [-0.39, 0.29) is 0 Å². The van der Waals surface area contributed by atoms with Gasteiger partial charge in [-0.25, -0.2) is 4.98 Å². The molecule has 5 nitrogen and oxygen atoms in total. The third kappa shape index (κ3) is 3.44. The van der Waals surface area contributed by atoms with Gasteiger partial charge >= 0.3 is 0 Å². The van der Waals surface area contributed by atoms with Gasteiger partial charge in [-0.2, -0.15) is 4.98 Å². The fraction of sp³-hybridized carbons (Fsp3) is 0.350. The molecule has 0 atom stereocenters. The molecule has 26 heavy (non-hydrogen) atoms. The lowest BCUT2D eigenvalue weighted by molar-refractivity contribution is 0.432. The summed E-state index contributed by atoms with van der Waals surface area (Å²) in [6, 6.07) is 10.3. The number of pyridine rings is 1. The quantitative estimate of drug-likeness (QED) is 0.654. The molecule has 4 rings (SSSR count). The van der Waals surface area contributed by atoms with Crippen molar-refractivity contribution >= 4 is 17.4 Å². The van der Waals surface area contributed by atoms with Crippen LogP contribution in [0.25, 0.3) is 22.8 Å². The van der Waals surface area contributed by atoms with Gasteiger partial charge in [0, 0.05) is 18.8 Å². The van der Waals surface area contributed by atoms with Crippen molar-refractivity contribution in [2.75, 3.05) is 12.4 Å². The summed E-state index contributed by atoms with van der Waals surface area (Å²) in [5.41, 5.74) is 3.04. The van der Waals surface area contributed by atoms with E-state index >= 15 is 0 Å². The fourth-order valence-corrected chi connectivity index (χ4v) is 3.75. The molecule has 1 aromatic carbocycles. The second-order valence-corrected chi connectivity index (χ2v) is 7.12. The largest absolute Gasteiger partial charge is 0.373 e. The molecule has 134 valence electrons. The molecule has 0 saturated heterocycles. The molecule has 2 aromatic heterocycles. The van der Waals surface area contributed by atoms with Gasteiger partial charge in [-0.1, -0.05) is 48.2 Å². The van der Waals surface area contributed by atoms with E-state index in [4.69, 9.17) is 16.1 Å². The Kier molecular flexibility index (Phi) is 4.89. The van der Waals surface area contributed by atoms with Gasteiger partial charge in [-0.15, -0.1) is 0 Å². The lowest BCUT2D eigenvalue weighted by Crippen LogP contribution is -2.04. The average molecular weight is 369 g/mol. The van der Waals surface area contributed by atoms with Crippen LogP contribution in [0.2, 0.25) is 5.02 Å². The zero-order chi connectivity index (χ0) is 17.9. The molecule has 0 radical (unpaired) electrons. The maximum atomic E-state index is 6.06. The molecule has 1 saturated carbocycles. The zero-order valence-corrected chi connectivity index (χ0v) is 15.5. The topological polar surface area (TPSA) is 63.8 Å². The Morgan fingerprint density at radius 2 is 1.88 bits per heavy atom. The maximum Gasteiger partial charge on any atom is 0.258 e. The van der Waals surface area contributed by atoms with Crippen LogP contribution in [0.4, 0.5) is 5.82 Å². The van der Waals surface area contributed by atoms with Gasteiger partial charge in [-0.3, -0.25) is 0 Å². The molecular weight excluding hydrogens is 348 g/mol. The molecule has 6 heteroatoms. The van der Waals surface area contributed by atoms with Crippen LogP contribution < -0.4 is 5.32 Å². The summed E-state index contributed by atoms with van der Waals surface area (Å²) in [4.78, 5) is 8.78. The van der Waals surface area contributed by atoms with Crippen molar-refractivity contribution in [3.8, 4) is 22.8 Å². The fourth-order valence-electron chi connectivity index (χ4n) is 3.59. The Labute approximate surface area is 157 Å². The van der Waals surface area contributed by atoms with E-state index < -0.39 is 0 Å². The second kappa shape index (κ2) is 7.46. The SMILES string of the molecule is CNc1ncc(Cl)cc1-c1noc(-c2ccc(C3CCCCC3)cc2)n1. The van der Waals surface area contributed by atoms with Crippen molar-refractivity contribution in [3.63, 3.8) is 0 Å². The minimum absolute atomic E-state index is 0.468. The Hall–Kier alpha value is -2.40. The summed E-state index contributed by atoms with van der Waals surface area (Å²) in [6.45, 7) is 0. The van der Waals surface area contributed by atoms with Crippen LogP contribution in [0.1, 0.15) is 43.6 Å². The first-order chi connectivity index (χ1) is 12.7. The van der Waals surface area contributed by atoms with Crippen LogP contribution in [-0.4, -0.2) is 22.2 Å². The van der Waals surface area contributed by atoms with Gasteiger partial charge in [0.1, 0.15) is 5.82 Å². The van der Waals surface area contributed by atoms with Crippen LogP contribution in [0.3, 0.4) is 0 Å². The summed E-state index contributed by atoms with van der Waals surface area (Å²) in [5.74, 6) is 2.31. The summed E-state index contributed by atoms with van der Waals surface area (Å²) in [7, 11) is 1.80. The predicted octanol–water partition coefficient (Wildman–Crippen LogP) is 5.54. The highest BCUT2D eigenvalue weighted by atomic mass is 35.5. The number of aromatic nitrogens is 3. The first-order valence-corrected chi connectivity index (χ1v) is 9.40. The summed E-state index contributed by atoms with van der Waals surface area (Å²) in [5, 5.41) is 7.65. The summed E-state index contributed by atoms with van der Waals surface area (Å²) < 4.78 is 5.47. The number of nitrogens with zero attached hydrogens (tertiary/aromatic N) is 3. The third-order valence-electron chi connectivity index (χ3n) is 4.99. The number of benzene rings is 1. The van der Waals surface area contributed by atoms with E-state index in [0.29, 0.717) is 34.0 Å². The van der Waals surface area contributed by atoms with Gasteiger partial charge in [-0.05, 0) is 42.5 Å². The first-order valence-electron chi connectivity index (χ1n) is 9.02. The standard InChI is InChI=1S/C20H21ClN4O/c1-22-18-17(11-16(21)12-23-18)19-24-20(26-25-19)15-9-7-14(8-10-15)13-5-3-2-4-6-13/h7-13H,2-6H2,1H3,(H,22,23). The van der Waals surface area contributed by atoms with Crippen molar-refractivity contribution < 1.29 is 4.52 Å². The van der Waals surface area contributed by atoms with E-state index in [9.17, 15) is 0 Å². The van der Waals surface area contributed by atoms with Crippen LogP contribution in [0, 0.1) is 0 Å². The van der Waals surface area contributed by atoms with E-state index in [1.165, 1.54) is 37.7 Å². The van der Waals surface area contributed by atoms with Crippen LogP contribution in [0.5, 0.6) is 0 Å². The molecule has 1 fully saturated rings. The smallest absolute Gasteiger partial charge is 0.258 e. The maximum absolute atomic E-state index is 6.06. The molecule has 0 spiro atoms. The van der Waals surface area contributed by atoms with Crippen molar-refractivity contribution in [3.05, 3.63) is 47.1 Å². The average Bonchev–Trinajstić information content (AvgIpc) is 3.19. The highest BCUT2D eigenvalue weighted by Gasteiger charge is 2.17. The van der Waals surface area contributed by atoms with Crippen LogP contribution in [-0.2, 0) is 0 Å². The number of hydrogen-bond donors (Lipinski definition) is 1. The molecule has 1 aliphatic rings. The van der Waals surface area contributed by atoms with E-state index in [1.807, 2.05) is 0 Å². The van der Waals surface area contributed by atoms with Crippen molar-refractivity contribution in [2.24, 2.45) is 0 Å². The first kappa shape index (κ1) is 17.0. The van der Waals surface area contributed by atoms with Crippen molar-refractivity contribution in [1.29, 1.82) is 0 Å². The van der Waals surface area contributed by atoms with Crippen molar-refractivity contribution in [1.82, 2.24) is 15.1 Å². The predicted molar refractivity (Wildman–Crippen MR) is 103 cm³/mol. The highest BCUT2D eigenvalue weighted by Crippen LogP contribution is 2.34. The molecule has 0 bridgehead atoms. The molecule has 0 amide bonds. The minimum Gasteiger partial charge on any atom is -0.373 e. The van der Waals surface area contributed by atoms with E-state index in [2.05, 4.69) is 44.7 Å². The molecule has 0 aliphatic heterocycles. The lowest BCUT2D eigenvalue weighted by atomic mass is 9.84. The van der Waals surface area contributed by atoms with E-state index in [1.54, 1.807) is 19.3 Å². The Morgan fingerprint density at radius 3 is 2.62 bits per heavy atom. The molecule has 0 unspecified atom stereocenters. The summed E-state index contributed by atoms with van der Waals surface area (Å²) in [6.07, 6.45) is 8.20. The Balaban J connectivity index is 1.59. The number of rotatable bonds is 4.